The molecule has 0 aliphatic carbocycles. The van der Waals surface area contributed by atoms with Gasteiger partial charge in [-0.15, -0.1) is 0 Å². The van der Waals surface area contributed by atoms with Gasteiger partial charge in [0.15, 0.2) is 0 Å². The SMILES string of the molecule is CC1CN(Cc2ccc3ccccc3n2)CCC1N. The molecule has 100 valence electrons. The standard InChI is InChI=1S/C16H21N3/c1-12-10-19(9-8-15(12)17)11-14-7-6-13-4-2-3-5-16(13)18-14/h2-7,12,15H,8-11,17H2,1H3. The first-order valence-corrected chi connectivity index (χ1v) is 7.05. The van der Waals surface area contributed by atoms with Gasteiger partial charge < -0.3 is 5.73 Å². The molecule has 1 saturated heterocycles. The first-order chi connectivity index (χ1) is 9.22. The third kappa shape index (κ3) is 2.77. The monoisotopic (exact) mass is 255 g/mol. The van der Waals surface area contributed by atoms with E-state index in [0.717, 1.165) is 37.3 Å². The lowest BCUT2D eigenvalue weighted by Gasteiger charge is -2.34. The molecule has 2 atom stereocenters. The van der Waals surface area contributed by atoms with Crippen molar-refractivity contribution < 1.29 is 0 Å². The highest BCUT2D eigenvalue weighted by Gasteiger charge is 2.23. The van der Waals surface area contributed by atoms with E-state index in [1.165, 1.54) is 5.39 Å². The third-order valence-corrected chi connectivity index (χ3v) is 4.10. The Kier molecular flexibility index (Phi) is 3.49. The topological polar surface area (TPSA) is 42.2 Å². The molecule has 0 amide bonds. The number of para-hydroxylation sites is 1. The molecule has 3 rings (SSSR count). The van der Waals surface area contributed by atoms with Crippen molar-refractivity contribution in [2.75, 3.05) is 13.1 Å². The van der Waals surface area contributed by atoms with Crippen molar-refractivity contribution in [1.29, 1.82) is 0 Å². The van der Waals surface area contributed by atoms with E-state index in [1.807, 2.05) is 6.07 Å². The van der Waals surface area contributed by atoms with Crippen LogP contribution in [0.1, 0.15) is 19.0 Å². The van der Waals surface area contributed by atoms with Gasteiger partial charge in [-0.25, -0.2) is 0 Å². The van der Waals surface area contributed by atoms with Gasteiger partial charge in [-0.05, 0) is 24.5 Å². The smallest absolute Gasteiger partial charge is 0.0705 e. The fourth-order valence-corrected chi connectivity index (χ4v) is 2.82. The number of aromatic nitrogens is 1. The summed E-state index contributed by atoms with van der Waals surface area (Å²) in [5.74, 6) is 0.578. The normalized spacial score (nSPS) is 24.7. The molecule has 2 N–H and O–H groups in total. The largest absolute Gasteiger partial charge is 0.327 e. The average Bonchev–Trinajstić information content (AvgIpc) is 2.43. The highest BCUT2D eigenvalue weighted by Crippen LogP contribution is 2.18. The molecule has 1 aliphatic heterocycles. The molecule has 3 heteroatoms. The number of hydrogen-bond donors (Lipinski definition) is 1. The maximum absolute atomic E-state index is 6.07. The first-order valence-electron chi connectivity index (χ1n) is 7.05. The predicted molar refractivity (Wildman–Crippen MR) is 78.8 cm³/mol. The highest BCUT2D eigenvalue weighted by molar-refractivity contribution is 5.78. The Labute approximate surface area is 114 Å². The summed E-state index contributed by atoms with van der Waals surface area (Å²) in [6.07, 6.45) is 1.09. The number of likely N-dealkylation sites (tertiary alicyclic amines) is 1. The van der Waals surface area contributed by atoms with Crippen LogP contribution in [0.2, 0.25) is 0 Å². The minimum atomic E-state index is 0.362. The quantitative estimate of drug-likeness (QED) is 0.896. The van der Waals surface area contributed by atoms with E-state index in [4.69, 9.17) is 10.7 Å². The minimum absolute atomic E-state index is 0.362. The Morgan fingerprint density at radius 3 is 2.95 bits per heavy atom. The van der Waals surface area contributed by atoms with Gasteiger partial charge in [0.05, 0.1) is 11.2 Å². The average molecular weight is 255 g/mol. The van der Waals surface area contributed by atoms with Crippen LogP contribution in [-0.2, 0) is 6.54 Å². The summed E-state index contributed by atoms with van der Waals surface area (Å²) in [6.45, 7) is 5.34. The Balaban J connectivity index is 1.74. The van der Waals surface area contributed by atoms with Crippen LogP contribution < -0.4 is 5.73 Å². The Bertz CT molecular complexity index is 567. The lowest BCUT2D eigenvalue weighted by Crippen LogP contribution is -2.45. The van der Waals surface area contributed by atoms with Gasteiger partial charge in [0.2, 0.25) is 0 Å². The second-order valence-electron chi connectivity index (χ2n) is 5.66. The molecule has 2 unspecified atom stereocenters. The molecular formula is C16H21N3. The number of hydrogen-bond acceptors (Lipinski definition) is 3. The molecule has 1 aromatic heterocycles. The summed E-state index contributed by atoms with van der Waals surface area (Å²) in [7, 11) is 0. The van der Waals surface area contributed by atoms with Crippen molar-refractivity contribution in [3.05, 3.63) is 42.1 Å². The summed E-state index contributed by atoms with van der Waals surface area (Å²) in [4.78, 5) is 7.20. The van der Waals surface area contributed by atoms with E-state index >= 15 is 0 Å². The van der Waals surface area contributed by atoms with Crippen LogP contribution in [-0.4, -0.2) is 29.0 Å². The zero-order chi connectivity index (χ0) is 13.2. The van der Waals surface area contributed by atoms with E-state index < -0.39 is 0 Å². The van der Waals surface area contributed by atoms with Crippen molar-refractivity contribution in [2.45, 2.75) is 25.9 Å². The number of piperidine rings is 1. The fourth-order valence-electron chi connectivity index (χ4n) is 2.82. The number of pyridine rings is 1. The lowest BCUT2D eigenvalue weighted by atomic mass is 9.95. The number of benzene rings is 1. The van der Waals surface area contributed by atoms with Crippen molar-refractivity contribution in [2.24, 2.45) is 11.7 Å². The zero-order valence-corrected chi connectivity index (χ0v) is 11.4. The molecule has 0 saturated carbocycles. The van der Waals surface area contributed by atoms with E-state index in [1.54, 1.807) is 0 Å². The molecule has 1 aromatic carbocycles. The van der Waals surface area contributed by atoms with Gasteiger partial charge in [-0.1, -0.05) is 31.2 Å². The molecule has 0 radical (unpaired) electrons. The number of fused-ring (bicyclic) bond motifs is 1. The van der Waals surface area contributed by atoms with Gasteiger partial charge in [0.25, 0.3) is 0 Å². The second kappa shape index (κ2) is 5.27. The summed E-state index contributed by atoms with van der Waals surface area (Å²) >= 11 is 0. The van der Waals surface area contributed by atoms with Gasteiger partial charge >= 0.3 is 0 Å². The van der Waals surface area contributed by atoms with Crippen LogP contribution in [0.15, 0.2) is 36.4 Å². The molecule has 2 aromatic rings. The van der Waals surface area contributed by atoms with Crippen molar-refractivity contribution in [3.8, 4) is 0 Å². The van der Waals surface area contributed by atoms with Gasteiger partial charge in [0, 0.05) is 31.1 Å². The number of rotatable bonds is 2. The van der Waals surface area contributed by atoms with E-state index in [-0.39, 0.29) is 0 Å². The predicted octanol–water partition coefficient (Wildman–Crippen LogP) is 2.40. The number of nitrogens with zero attached hydrogens (tertiary/aromatic N) is 2. The number of nitrogens with two attached hydrogens (primary N) is 1. The fraction of sp³-hybridized carbons (Fsp3) is 0.438. The molecular weight excluding hydrogens is 234 g/mol. The molecule has 0 spiro atoms. The van der Waals surface area contributed by atoms with Crippen LogP contribution in [0.5, 0.6) is 0 Å². The van der Waals surface area contributed by atoms with Gasteiger partial charge in [-0.2, -0.15) is 0 Å². The summed E-state index contributed by atoms with van der Waals surface area (Å²) in [6, 6.07) is 12.9. The Morgan fingerprint density at radius 1 is 1.26 bits per heavy atom. The summed E-state index contributed by atoms with van der Waals surface area (Å²) in [5.41, 5.74) is 8.30. The minimum Gasteiger partial charge on any atom is -0.327 e. The van der Waals surface area contributed by atoms with Gasteiger partial charge in [0.1, 0.15) is 0 Å². The van der Waals surface area contributed by atoms with Crippen LogP contribution >= 0.6 is 0 Å². The van der Waals surface area contributed by atoms with Crippen LogP contribution in [0.25, 0.3) is 10.9 Å². The summed E-state index contributed by atoms with van der Waals surface area (Å²) < 4.78 is 0. The van der Waals surface area contributed by atoms with Crippen molar-refractivity contribution >= 4 is 10.9 Å². The van der Waals surface area contributed by atoms with E-state index in [2.05, 4.69) is 42.2 Å². The Hall–Kier alpha value is -1.45. The van der Waals surface area contributed by atoms with Crippen LogP contribution in [0.3, 0.4) is 0 Å². The third-order valence-electron chi connectivity index (χ3n) is 4.10. The molecule has 19 heavy (non-hydrogen) atoms. The molecule has 0 bridgehead atoms. The first kappa shape index (κ1) is 12.6. The zero-order valence-electron chi connectivity index (χ0n) is 11.4. The summed E-state index contributed by atoms with van der Waals surface area (Å²) in [5, 5.41) is 1.21. The highest BCUT2D eigenvalue weighted by atomic mass is 15.1. The van der Waals surface area contributed by atoms with Crippen LogP contribution in [0, 0.1) is 5.92 Å². The Morgan fingerprint density at radius 2 is 2.11 bits per heavy atom. The van der Waals surface area contributed by atoms with Gasteiger partial charge in [-0.3, -0.25) is 9.88 Å². The maximum atomic E-state index is 6.07. The second-order valence-corrected chi connectivity index (χ2v) is 5.66. The molecule has 1 fully saturated rings. The maximum Gasteiger partial charge on any atom is 0.0705 e. The molecule has 3 nitrogen and oxygen atoms in total. The van der Waals surface area contributed by atoms with E-state index in [0.29, 0.717) is 12.0 Å². The lowest BCUT2D eigenvalue weighted by molar-refractivity contribution is 0.156. The van der Waals surface area contributed by atoms with E-state index in [9.17, 15) is 0 Å². The van der Waals surface area contributed by atoms with Crippen molar-refractivity contribution in [1.82, 2.24) is 9.88 Å². The molecule has 1 aliphatic rings. The molecule has 2 heterocycles. The van der Waals surface area contributed by atoms with Crippen LogP contribution in [0.4, 0.5) is 0 Å². The van der Waals surface area contributed by atoms with Crippen molar-refractivity contribution in [3.63, 3.8) is 0 Å².